The average Bonchev–Trinajstić information content (AvgIpc) is 3.61. The maximum atomic E-state index is 13.1. The molecule has 5 rings (SSSR count). The summed E-state index contributed by atoms with van der Waals surface area (Å²) in [6.07, 6.45) is 5.62. The van der Waals surface area contributed by atoms with Gasteiger partial charge in [-0.1, -0.05) is 13.3 Å². The molecule has 1 spiro atoms. The Kier molecular flexibility index (Phi) is 5.96. The highest BCUT2D eigenvalue weighted by molar-refractivity contribution is 6.09. The zero-order valence-corrected chi connectivity index (χ0v) is 19.7. The largest absolute Gasteiger partial charge is 0.459 e. The minimum absolute atomic E-state index is 0.151. The number of oxazole rings is 1. The van der Waals surface area contributed by atoms with Crippen LogP contribution in [0.25, 0.3) is 11.7 Å². The first-order valence-corrected chi connectivity index (χ1v) is 12.1. The van der Waals surface area contributed by atoms with Crippen molar-refractivity contribution in [3.05, 3.63) is 24.1 Å². The molecule has 11 nitrogen and oxygen atoms in total. The Morgan fingerprint density at radius 2 is 2.00 bits per heavy atom. The molecule has 35 heavy (non-hydrogen) atoms. The van der Waals surface area contributed by atoms with Crippen LogP contribution in [0.3, 0.4) is 0 Å². The van der Waals surface area contributed by atoms with Gasteiger partial charge < -0.3 is 24.0 Å². The zero-order valence-electron chi connectivity index (χ0n) is 19.7. The smallest absolute Gasteiger partial charge is 0.325 e. The lowest BCUT2D eigenvalue weighted by molar-refractivity contribution is -0.139. The molecular weight excluding hydrogens is 452 g/mol. The Hall–Kier alpha value is -3.81. The maximum Gasteiger partial charge on any atom is 0.325 e. The Bertz CT molecular complexity index is 1150. The van der Waals surface area contributed by atoms with Crippen LogP contribution in [0.5, 0.6) is 0 Å². The quantitative estimate of drug-likeness (QED) is 0.644. The monoisotopic (exact) mass is 480 g/mol. The molecular formula is C24H28N6O5. The van der Waals surface area contributed by atoms with Gasteiger partial charge in [-0.15, -0.1) is 0 Å². The van der Waals surface area contributed by atoms with Crippen molar-refractivity contribution in [1.29, 1.82) is 5.26 Å². The van der Waals surface area contributed by atoms with Crippen molar-refractivity contribution >= 4 is 23.7 Å². The van der Waals surface area contributed by atoms with E-state index in [2.05, 4.69) is 17.2 Å². The highest BCUT2D eigenvalue weighted by Gasteiger charge is 2.52. The van der Waals surface area contributed by atoms with E-state index in [0.29, 0.717) is 56.6 Å². The van der Waals surface area contributed by atoms with Crippen molar-refractivity contribution in [1.82, 2.24) is 20.1 Å². The molecule has 4 amide bonds. The van der Waals surface area contributed by atoms with Crippen molar-refractivity contribution in [2.24, 2.45) is 5.92 Å². The van der Waals surface area contributed by atoms with Crippen molar-refractivity contribution in [2.75, 3.05) is 37.6 Å². The molecule has 0 radical (unpaired) electrons. The molecule has 0 bridgehead atoms. The van der Waals surface area contributed by atoms with E-state index in [1.165, 1.54) is 6.26 Å². The summed E-state index contributed by atoms with van der Waals surface area (Å²) in [7, 11) is 0. The Morgan fingerprint density at radius 1 is 1.26 bits per heavy atom. The summed E-state index contributed by atoms with van der Waals surface area (Å²) in [5, 5.41) is 12.4. The van der Waals surface area contributed by atoms with Crippen molar-refractivity contribution in [2.45, 2.75) is 44.6 Å². The molecule has 2 saturated heterocycles. The number of carbonyl (C=O) groups excluding carboxylic acids is 3. The molecule has 184 valence electrons. The number of carbonyl (C=O) groups is 3. The molecule has 2 aromatic rings. The Labute approximate surface area is 202 Å². The number of aromatic nitrogens is 1. The van der Waals surface area contributed by atoms with Crippen LogP contribution in [0.2, 0.25) is 0 Å². The van der Waals surface area contributed by atoms with Gasteiger partial charge in [0.05, 0.1) is 6.26 Å². The van der Waals surface area contributed by atoms with Gasteiger partial charge in [-0.25, -0.2) is 4.79 Å². The SMILES string of the molecule is CCC1CCC2(CC1)NC(=O)N(CC(=O)N1CCN(c3oc(-c4ccco4)nc3C#N)CC1)C2=O. The zero-order chi connectivity index (χ0) is 24.6. The average molecular weight is 481 g/mol. The maximum absolute atomic E-state index is 13.1. The fourth-order valence-electron chi connectivity index (χ4n) is 5.24. The second kappa shape index (κ2) is 9.09. The number of amides is 4. The number of piperazine rings is 1. The first-order chi connectivity index (χ1) is 16.9. The predicted octanol–water partition coefficient (Wildman–Crippen LogP) is 2.35. The normalized spacial score (nSPS) is 24.7. The summed E-state index contributed by atoms with van der Waals surface area (Å²) in [5.74, 6) is 1.01. The third-order valence-corrected chi connectivity index (χ3v) is 7.44. The molecule has 0 unspecified atom stereocenters. The number of rotatable bonds is 5. The topological polar surface area (TPSA) is 136 Å². The van der Waals surface area contributed by atoms with Crippen LogP contribution in [0.1, 0.15) is 44.7 Å². The molecule has 0 atom stereocenters. The van der Waals surface area contributed by atoms with Crippen LogP contribution in [0.4, 0.5) is 10.7 Å². The summed E-state index contributed by atoms with van der Waals surface area (Å²) in [4.78, 5) is 47.4. The highest BCUT2D eigenvalue weighted by atomic mass is 16.4. The number of nitrogens with one attached hydrogen (secondary N) is 1. The van der Waals surface area contributed by atoms with E-state index >= 15 is 0 Å². The number of urea groups is 1. The second-order valence-electron chi connectivity index (χ2n) is 9.38. The standard InChI is InChI=1S/C24H28N6O5/c1-2-16-5-7-24(8-6-16)22(32)30(23(33)27-24)15-19(31)28-9-11-29(12-10-28)21-17(14-25)26-20(35-21)18-4-3-13-34-18/h3-4,13,16H,2,5-12,15H2,1H3,(H,27,33). The molecule has 1 saturated carbocycles. The van der Waals surface area contributed by atoms with Gasteiger partial charge in [0.2, 0.25) is 17.5 Å². The summed E-state index contributed by atoms with van der Waals surface area (Å²) >= 11 is 0. The molecule has 4 heterocycles. The van der Waals surface area contributed by atoms with Gasteiger partial charge in [0.1, 0.15) is 18.2 Å². The molecule has 0 aromatic carbocycles. The molecule has 3 fully saturated rings. The van der Waals surface area contributed by atoms with E-state index in [9.17, 15) is 19.6 Å². The van der Waals surface area contributed by atoms with Crippen LogP contribution in [-0.4, -0.2) is 70.9 Å². The van der Waals surface area contributed by atoms with E-state index in [0.717, 1.165) is 24.2 Å². The minimum atomic E-state index is -0.854. The van der Waals surface area contributed by atoms with Crippen molar-refractivity contribution in [3.63, 3.8) is 0 Å². The van der Waals surface area contributed by atoms with Crippen LogP contribution >= 0.6 is 0 Å². The van der Waals surface area contributed by atoms with E-state index < -0.39 is 11.6 Å². The molecule has 3 aliphatic rings. The van der Waals surface area contributed by atoms with Gasteiger partial charge in [-0.05, 0) is 43.7 Å². The van der Waals surface area contributed by atoms with Gasteiger partial charge in [0.25, 0.3) is 11.8 Å². The summed E-state index contributed by atoms with van der Waals surface area (Å²) in [6.45, 7) is 3.47. The number of hydrogen-bond acceptors (Lipinski definition) is 8. The molecule has 11 heteroatoms. The Balaban J connectivity index is 1.19. The lowest BCUT2D eigenvalue weighted by Gasteiger charge is -2.35. The van der Waals surface area contributed by atoms with Gasteiger partial charge in [-0.3, -0.25) is 14.5 Å². The van der Waals surface area contributed by atoms with Crippen LogP contribution in [-0.2, 0) is 9.59 Å². The number of anilines is 1. The van der Waals surface area contributed by atoms with Crippen molar-refractivity contribution < 1.29 is 23.2 Å². The number of imide groups is 1. The third kappa shape index (κ3) is 4.13. The van der Waals surface area contributed by atoms with E-state index in [1.807, 2.05) is 11.0 Å². The van der Waals surface area contributed by atoms with E-state index in [4.69, 9.17) is 8.83 Å². The highest BCUT2D eigenvalue weighted by Crippen LogP contribution is 2.37. The summed E-state index contributed by atoms with van der Waals surface area (Å²) in [5.41, 5.74) is -0.702. The molecule has 2 aliphatic heterocycles. The van der Waals surface area contributed by atoms with Gasteiger partial charge in [0, 0.05) is 26.2 Å². The third-order valence-electron chi connectivity index (χ3n) is 7.44. The fraction of sp³-hybridized carbons (Fsp3) is 0.542. The molecule has 1 N–H and O–H groups in total. The van der Waals surface area contributed by atoms with Crippen LogP contribution in [0, 0.1) is 17.2 Å². The lowest BCUT2D eigenvalue weighted by atomic mass is 9.75. The minimum Gasteiger partial charge on any atom is -0.459 e. The summed E-state index contributed by atoms with van der Waals surface area (Å²) in [6, 6.07) is 4.97. The van der Waals surface area contributed by atoms with Gasteiger partial charge in [-0.2, -0.15) is 10.2 Å². The number of furan rings is 1. The molecule has 2 aromatic heterocycles. The van der Waals surface area contributed by atoms with Crippen LogP contribution < -0.4 is 10.2 Å². The van der Waals surface area contributed by atoms with Crippen LogP contribution in [0.15, 0.2) is 27.2 Å². The summed E-state index contributed by atoms with van der Waals surface area (Å²) < 4.78 is 11.1. The predicted molar refractivity (Wildman–Crippen MR) is 123 cm³/mol. The number of nitriles is 1. The first kappa shape index (κ1) is 23.0. The second-order valence-corrected chi connectivity index (χ2v) is 9.38. The van der Waals surface area contributed by atoms with Gasteiger partial charge >= 0.3 is 6.03 Å². The lowest BCUT2D eigenvalue weighted by Crippen LogP contribution is -2.53. The molecule has 1 aliphatic carbocycles. The van der Waals surface area contributed by atoms with Crippen molar-refractivity contribution in [3.8, 4) is 17.7 Å². The van der Waals surface area contributed by atoms with E-state index in [1.54, 1.807) is 17.0 Å². The van der Waals surface area contributed by atoms with E-state index in [-0.39, 0.29) is 29.9 Å². The fourth-order valence-corrected chi connectivity index (χ4v) is 5.24. The number of hydrogen-bond donors (Lipinski definition) is 1. The van der Waals surface area contributed by atoms with Gasteiger partial charge in [0.15, 0.2) is 5.76 Å². The number of nitrogens with zero attached hydrogens (tertiary/aromatic N) is 5. The first-order valence-electron chi connectivity index (χ1n) is 12.1. The Morgan fingerprint density at radius 3 is 2.63 bits per heavy atom.